The first-order valence-corrected chi connectivity index (χ1v) is 8.40. The summed E-state index contributed by atoms with van der Waals surface area (Å²) in [5.74, 6) is 0.718. The maximum atomic E-state index is 12.4. The monoisotopic (exact) mass is 332 g/mol. The van der Waals surface area contributed by atoms with Gasteiger partial charge in [0.05, 0.1) is 23.6 Å². The summed E-state index contributed by atoms with van der Waals surface area (Å²) in [6.07, 6.45) is 2.41. The Morgan fingerprint density at radius 2 is 2.17 bits per heavy atom. The predicted molar refractivity (Wildman–Crippen MR) is 87.9 cm³/mol. The molecule has 7 nitrogen and oxygen atoms in total. The Morgan fingerprint density at radius 1 is 1.38 bits per heavy atom. The van der Waals surface area contributed by atoms with Gasteiger partial charge in [0, 0.05) is 24.1 Å². The number of fused-ring (bicyclic) bond motifs is 1. The number of aryl methyl sites for hydroxylation is 2. The molecule has 0 aromatic carbocycles. The Kier molecular flexibility index (Phi) is 4.71. The zero-order chi connectivity index (χ0) is 17.3. The summed E-state index contributed by atoms with van der Waals surface area (Å²) < 4.78 is 10.9. The van der Waals surface area contributed by atoms with E-state index in [9.17, 15) is 4.79 Å². The van der Waals surface area contributed by atoms with Crippen molar-refractivity contribution in [1.82, 2.24) is 20.7 Å². The number of ether oxygens (including phenoxy) is 1. The molecule has 2 atom stereocenters. The number of nitrogens with one attached hydrogen (secondary N) is 2. The van der Waals surface area contributed by atoms with Gasteiger partial charge >= 0.3 is 0 Å². The van der Waals surface area contributed by atoms with Gasteiger partial charge in [-0.05, 0) is 40.5 Å². The molecule has 130 valence electrons. The minimum atomic E-state index is -0.132. The zero-order valence-electron chi connectivity index (χ0n) is 14.6. The first-order valence-electron chi connectivity index (χ1n) is 8.40. The summed E-state index contributed by atoms with van der Waals surface area (Å²) in [6.45, 7) is 8.42. The number of hydrogen-bond acceptors (Lipinski definition) is 5. The van der Waals surface area contributed by atoms with E-state index in [-0.39, 0.29) is 18.1 Å². The topological polar surface area (TPSA) is 93.0 Å². The molecule has 7 heteroatoms. The molecule has 2 N–H and O–H groups in total. The number of nitrogens with zero attached hydrogens (tertiary/aromatic N) is 2. The van der Waals surface area contributed by atoms with Crippen molar-refractivity contribution in [3.63, 3.8) is 0 Å². The van der Waals surface area contributed by atoms with E-state index in [0.717, 1.165) is 41.1 Å². The minimum Gasteiger partial charge on any atom is -0.369 e. The van der Waals surface area contributed by atoms with E-state index in [2.05, 4.69) is 20.7 Å². The molecule has 0 aliphatic carbocycles. The molecule has 2 aromatic rings. The van der Waals surface area contributed by atoms with Gasteiger partial charge in [0.2, 0.25) is 0 Å². The fourth-order valence-corrected chi connectivity index (χ4v) is 3.27. The predicted octanol–water partition coefficient (Wildman–Crippen LogP) is 2.40. The van der Waals surface area contributed by atoms with Crippen LogP contribution in [0.5, 0.6) is 0 Å². The number of H-pyrrole nitrogens is 1. The molecule has 0 fully saturated rings. The molecule has 1 aliphatic rings. The van der Waals surface area contributed by atoms with E-state index in [0.29, 0.717) is 18.7 Å². The first kappa shape index (κ1) is 16.7. The Labute approximate surface area is 141 Å². The second-order valence-electron chi connectivity index (χ2n) is 6.42. The van der Waals surface area contributed by atoms with Crippen LogP contribution < -0.4 is 5.32 Å². The number of aromatic nitrogens is 3. The summed E-state index contributed by atoms with van der Waals surface area (Å²) >= 11 is 0. The van der Waals surface area contributed by atoms with Crippen LogP contribution in [0, 0.1) is 13.8 Å². The first-order chi connectivity index (χ1) is 11.5. The average molecular weight is 332 g/mol. The molecule has 3 heterocycles. The molecule has 0 unspecified atom stereocenters. The van der Waals surface area contributed by atoms with Crippen molar-refractivity contribution in [3.8, 4) is 0 Å². The Morgan fingerprint density at radius 3 is 2.88 bits per heavy atom. The maximum absolute atomic E-state index is 12.4. The lowest BCUT2D eigenvalue weighted by Crippen LogP contribution is -2.28. The molecule has 0 saturated carbocycles. The normalized spacial score (nSPS) is 20.0. The number of rotatable bonds is 5. The van der Waals surface area contributed by atoms with Gasteiger partial charge in [-0.15, -0.1) is 0 Å². The molecule has 1 aliphatic heterocycles. The van der Waals surface area contributed by atoms with E-state index in [1.165, 1.54) is 0 Å². The fraction of sp³-hybridized carbons (Fsp3) is 0.588. The second kappa shape index (κ2) is 6.76. The van der Waals surface area contributed by atoms with Crippen molar-refractivity contribution in [1.29, 1.82) is 0 Å². The smallest absolute Gasteiger partial charge is 0.272 e. The van der Waals surface area contributed by atoms with E-state index in [4.69, 9.17) is 9.26 Å². The largest absolute Gasteiger partial charge is 0.369 e. The highest BCUT2D eigenvalue weighted by molar-refractivity contribution is 5.94. The van der Waals surface area contributed by atoms with Crippen molar-refractivity contribution in [2.75, 3.05) is 6.54 Å². The summed E-state index contributed by atoms with van der Waals surface area (Å²) in [5, 5.41) is 14.0. The second-order valence-corrected chi connectivity index (χ2v) is 6.42. The van der Waals surface area contributed by atoms with Crippen LogP contribution in [0.1, 0.15) is 65.1 Å². The van der Waals surface area contributed by atoms with Crippen LogP contribution in [-0.4, -0.2) is 33.9 Å². The average Bonchev–Trinajstić information content (AvgIpc) is 3.08. The summed E-state index contributed by atoms with van der Waals surface area (Å²) in [6, 6.07) is 0. The van der Waals surface area contributed by atoms with E-state index in [1.54, 1.807) is 0 Å². The van der Waals surface area contributed by atoms with Crippen LogP contribution in [0.25, 0.3) is 0 Å². The van der Waals surface area contributed by atoms with Crippen LogP contribution >= 0.6 is 0 Å². The van der Waals surface area contributed by atoms with Crippen molar-refractivity contribution < 1.29 is 14.1 Å². The molecule has 0 spiro atoms. The highest BCUT2D eigenvalue weighted by atomic mass is 16.5. The quantitative estimate of drug-likeness (QED) is 0.820. The number of aromatic amines is 1. The summed E-state index contributed by atoms with van der Waals surface area (Å²) in [7, 11) is 0. The van der Waals surface area contributed by atoms with Crippen molar-refractivity contribution >= 4 is 5.91 Å². The lowest BCUT2D eigenvalue weighted by atomic mass is 9.99. The number of carbonyl (C=O) groups is 1. The zero-order valence-corrected chi connectivity index (χ0v) is 14.6. The van der Waals surface area contributed by atoms with Crippen molar-refractivity contribution in [3.05, 3.63) is 34.0 Å². The third kappa shape index (κ3) is 3.21. The fourth-order valence-electron chi connectivity index (χ4n) is 3.27. The molecular formula is C17H24N4O3. The van der Waals surface area contributed by atoms with E-state index < -0.39 is 0 Å². The number of carbonyl (C=O) groups excluding carboxylic acids is 1. The molecule has 0 saturated heterocycles. The van der Waals surface area contributed by atoms with Crippen molar-refractivity contribution in [2.24, 2.45) is 0 Å². The third-order valence-corrected chi connectivity index (χ3v) is 4.52. The highest BCUT2D eigenvalue weighted by Crippen LogP contribution is 2.30. The molecular weight excluding hydrogens is 308 g/mol. The van der Waals surface area contributed by atoms with Crippen LogP contribution in [-0.2, 0) is 17.6 Å². The SMILES string of the molecule is Cc1noc(C)c1CCCNC(=O)c1n[nH]c2c1C[C@@H](C)O[C@H]2C. The summed E-state index contributed by atoms with van der Waals surface area (Å²) in [5.41, 5.74) is 4.42. The number of amides is 1. The van der Waals surface area contributed by atoms with Gasteiger partial charge in [0.15, 0.2) is 5.69 Å². The Bertz CT molecular complexity index is 715. The van der Waals surface area contributed by atoms with Crippen LogP contribution in [0.4, 0.5) is 0 Å². The Hall–Kier alpha value is -2.15. The molecule has 2 aromatic heterocycles. The molecule has 1 amide bonds. The lowest BCUT2D eigenvalue weighted by Gasteiger charge is -2.25. The van der Waals surface area contributed by atoms with Gasteiger partial charge in [0.1, 0.15) is 5.76 Å². The van der Waals surface area contributed by atoms with Crippen LogP contribution in [0.2, 0.25) is 0 Å². The molecule has 0 radical (unpaired) electrons. The van der Waals surface area contributed by atoms with Crippen LogP contribution in [0.3, 0.4) is 0 Å². The van der Waals surface area contributed by atoms with Gasteiger partial charge < -0.3 is 14.6 Å². The minimum absolute atomic E-state index is 0.0580. The maximum Gasteiger partial charge on any atom is 0.272 e. The van der Waals surface area contributed by atoms with E-state index in [1.807, 2.05) is 27.7 Å². The van der Waals surface area contributed by atoms with Gasteiger partial charge in [-0.2, -0.15) is 5.10 Å². The molecule has 24 heavy (non-hydrogen) atoms. The summed E-state index contributed by atoms with van der Waals surface area (Å²) in [4.78, 5) is 12.4. The number of hydrogen-bond donors (Lipinski definition) is 2. The third-order valence-electron chi connectivity index (χ3n) is 4.52. The van der Waals surface area contributed by atoms with Gasteiger partial charge in [-0.25, -0.2) is 0 Å². The van der Waals surface area contributed by atoms with E-state index >= 15 is 0 Å². The highest BCUT2D eigenvalue weighted by Gasteiger charge is 2.29. The Balaban J connectivity index is 1.57. The molecule has 0 bridgehead atoms. The van der Waals surface area contributed by atoms with Crippen molar-refractivity contribution in [2.45, 2.75) is 59.2 Å². The van der Waals surface area contributed by atoms with Gasteiger partial charge in [-0.3, -0.25) is 9.89 Å². The van der Waals surface area contributed by atoms with Gasteiger partial charge in [0.25, 0.3) is 5.91 Å². The molecule has 3 rings (SSSR count). The van der Waals surface area contributed by atoms with Crippen LogP contribution in [0.15, 0.2) is 4.52 Å². The lowest BCUT2D eigenvalue weighted by molar-refractivity contribution is -0.00697. The standard InChI is InChI=1S/C17H24N4O3/c1-9-8-14-15(12(4)23-9)19-20-16(14)17(22)18-7-5-6-13-10(2)21-24-11(13)3/h9,12H,5-8H2,1-4H3,(H,18,22)(H,19,20)/t9-,12+/m1/s1. The van der Waals surface area contributed by atoms with Gasteiger partial charge in [-0.1, -0.05) is 5.16 Å².